The van der Waals surface area contributed by atoms with Gasteiger partial charge in [0.25, 0.3) is 5.91 Å². The topological polar surface area (TPSA) is 86.2 Å². The maximum atomic E-state index is 12.4. The van der Waals surface area contributed by atoms with Gasteiger partial charge >= 0.3 is 0 Å². The van der Waals surface area contributed by atoms with Crippen LogP contribution in [0.3, 0.4) is 0 Å². The number of hydrazine groups is 1. The molecule has 3 N–H and O–H groups in total. The van der Waals surface area contributed by atoms with Crippen molar-refractivity contribution in [3.63, 3.8) is 0 Å². The van der Waals surface area contributed by atoms with E-state index in [1.807, 2.05) is 48.5 Å². The standard InChI is InChI=1S/C20H20N4O2/c1-26-18-9-7-14(8-10-18)19-16(13-22-24-19)11-15(12-21)20(25)23-17-5-3-2-4-6-17/h2-11,16,19,22,24H,13H2,1H3,(H,23,25)/b15-11-. The molecule has 1 fully saturated rings. The minimum absolute atomic E-state index is 0.0282. The molecular formula is C20H20N4O2. The van der Waals surface area contributed by atoms with Crippen LogP contribution in [0.25, 0.3) is 0 Å². The molecule has 0 spiro atoms. The van der Waals surface area contributed by atoms with Gasteiger partial charge in [0.15, 0.2) is 0 Å². The molecule has 1 aliphatic heterocycles. The molecule has 1 amide bonds. The number of rotatable bonds is 5. The van der Waals surface area contributed by atoms with Crippen LogP contribution in [0.15, 0.2) is 66.2 Å². The van der Waals surface area contributed by atoms with Gasteiger partial charge in [0, 0.05) is 18.2 Å². The molecular weight excluding hydrogens is 328 g/mol. The zero-order chi connectivity index (χ0) is 18.4. The largest absolute Gasteiger partial charge is 0.497 e. The molecule has 0 aliphatic carbocycles. The van der Waals surface area contributed by atoms with E-state index in [0.717, 1.165) is 11.3 Å². The number of ether oxygens (including phenoxy) is 1. The highest BCUT2D eigenvalue weighted by Crippen LogP contribution is 2.28. The van der Waals surface area contributed by atoms with Crippen molar-refractivity contribution < 1.29 is 9.53 Å². The third kappa shape index (κ3) is 4.09. The summed E-state index contributed by atoms with van der Waals surface area (Å²) in [4.78, 5) is 12.4. The predicted molar refractivity (Wildman–Crippen MR) is 99.1 cm³/mol. The molecule has 6 nitrogen and oxygen atoms in total. The van der Waals surface area contributed by atoms with Crippen molar-refractivity contribution >= 4 is 11.6 Å². The van der Waals surface area contributed by atoms with Crippen molar-refractivity contribution in [3.8, 4) is 11.8 Å². The Morgan fingerprint density at radius 1 is 1.23 bits per heavy atom. The quantitative estimate of drug-likeness (QED) is 0.571. The van der Waals surface area contributed by atoms with Crippen molar-refractivity contribution in [2.75, 3.05) is 19.0 Å². The molecule has 0 aromatic heterocycles. The van der Waals surface area contributed by atoms with E-state index in [1.54, 1.807) is 25.3 Å². The molecule has 2 aromatic rings. The Balaban J connectivity index is 1.76. The van der Waals surface area contributed by atoms with E-state index in [1.165, 1.54) is 0 Å². The predicted octanol–water partition coefficient (Wildman–Crippen LogP) is 2.55. The van der Waals surface area contributed by atoms with Crippen molar-refractivity contribution in [2.45, 2.75) is 6.04 Å². The number of para-hydroxylation sites is 1. The summed E-state index contributed by atoms with van der Waals surface area (Å²) in [5, 5.41) is 12.2. The summed E-state index contributed by atoms with van der Waals surface area (Å²) in [5.74, 6) is 0.352. The zero-order valence-electron chi connectivity index (χ0n) is 14.4. The Kier molecular flexibility index (Phi) is 5.64. The highest BCUT2D eigenvalue weighted by atomic mass is 16.5. The highest BCUT2D eigenvalue weighted by molar-refractivity contribution is 6.06. The summed E-state index contributed by atoms with van der Waals surface area (Å²) < 4.78 is 5.18. The number of hydrogen-bond donors (Lipinski definition) is 3. The van der Waals surface area contributed by atoms with Gasteiger partial charge in [-0.1, -0.05) is 36.4 Å². The van der Waals surface area contributed by atoms with Crippen LogP contribution >= 0.6 is 0 Å². The average Bonchev–Trinajstić information content (AvgIpc) is 3.15. The Morgan fingerprint density at radius 2 is 1.96 bits per heavy atom. The summed E-state index contributed by atoms with van der Waals surface area (Å²) in [6.07, 6.45) is 1.72. The second-order valence-corrected chi connectivity index (χ2v) is 5.95. The first-order valence-corrected chi connectivity index (χ1v) is 8.32. The minimum atomic E-state index is -0.404. The molecule has 26 heavy (non-hydrogen) atoms. The number of hydrogen-bond acceptors (Lipinski definition) is 5. The van der Waals surface area contributed by atoms with E-state index in [9.17, 15) is 10.1 Å². The van der Waals surface area contributed by atoms with Crippen molar-refractivity contribution in [1.82, 2.24) is 10.9 Å². The number of anilines is 1. The van der Waals surface area contributed by atoms with Crippen LogP contribution in [0.5, 0.6) is 5.75 Å². The van der Waals surface area contributed by atoms with Crippen LogP contribution in [0.1, 0.15) is 11.6 Å². The number of nitriles is 1. The fraction of sp³-hybridized carbons (Fsp3) is 0.200. The van der Waals surface area contributed by atoms with Gasteiger partial charge in [-0.2, -0.15) is 5.26 Å². The minimum Gasteiger partial charge on any atom is -0.497 e. The first-order valence-electron chi connectivity index (χ1n) is 8.32. The third-order valence-corrected chi connectivity index (χ3v) is 4.28. The van der Waals surface area contributed by atoms with E-state index in [4.69, 9.17) is 4.74 Å². The van der Waals surface area contributed by atoms with E-state index >= 15 is 0 Å². The number of methoxy groups -OCH3 is 1. The van der Waals surface area contributed by atoms with Gasteiger partial charge in [0.1, 0.15) is 17.4 Å². The first kappa shape index (κ1) is 17.7. The van der Waals surface area contributed by atoms with Crippen molar-refractivity contribution in [1.29, 1.82) is 5.26 Å². The fourth-order valence-electron chi connectivity index (χ4n) is 2.91. The number of amides is 1. The number of nitrogens with one attached hydrogen (secondary N) is 3. The lowest BCUT2D eigenvalue weighted by molar-refractivity contribution is -0.112. The highest BCUT2D eigenvalue weighted by Gasteiger charge is 2.28. The second-order valence-electron chi connectivity index (χ2n) is 5.95. The maximum Gasteiger partial charge on any atom is 0.265 e. The lowest BCUT2D eigenvalue weighted by Crippen LogP contribution is -2.25. The Morgan fingerprint density at radius 3 is 2.62 bits per heavy atom. The van der Waals surface area contributed by atoms with E-state index in [-0.39, 0.29) is 17.5 Å². The number of carbonyl (C=O) groups excluding carboxylic acids is 1. The van der Waals surface area contributed by atoms with Crippen LogP contribution in [0.2, 0.25) is 0 Å². The molecule has 2 atom stereocenters. The Hall–Kier alpha value is -3.14. The summed E-state index contributed by atoms with van der Waals surface area (Å²) in [5.41, 5.74) is 8.12. The molecule has 0 saturated carbocycles. The van der Waals surface area contributed by atoms with Crippen LogP contribution in [-0.2, 0) is 4.79 Å². The molecule has 132 valence electrons. The van der Waals surface area contributed by atoms with Crippen LogP contribution in [0.4, 0.5) is 5.69 Å². The monoisotopic (exact) mass is 348 g/mol. The van der Waals surface area contributed by atoms with E-state index in [2.05, 4.69) is 16.2 Å². The second kappa shape index (κ2) is 8.30. The maximum absolute atomic E-state index is 12.4. The molecule has 1 heterocycles. The van der Waals surface area contributed by atoms with Crippen LogP contribution in [-0.4, -0.2) is 19.6 Å². The molecule has 0 bridgehead atoms. The van der Waals surface area contributed by atoms with Gasteiger partial charge in [-0.3, -0.25) is 10.2 Å². The Labute approximate surface area is 152 Å². The summed E-state index contributed by atoms with van der Waals surface area (Å²) in [7, 11) is 1.63. The lowest BCUT2D eigenvalue weighted by Gasteiger charge is -2.16. The molecule has 2 aromatic carbocycles. The molecule has 3 rings (SSSR count). The average molecular weight is 348 g/mol. The lowest BCUT2D eigenvalue weighted by atomic mass is 9.93. The first-order chi connectivity index (χ1) is 12.7. The van der Waals surface area contributed by atoms with Crippen molar-refractivity contribution in [2.24, 2.45) is 5.92 Å². The number of benzene rings is 2. The molecule has 1 saturated heterocycles. The van der Waals surface area contributed by atoms with Crippen LogP contribution in [0, 0.1) is 17.2 Å². The SMILES string of the molecule is COc1ccc(C2NNCC2/C=C(/C#N)C(=O)Nc2ccccc2)cc1. The zero-order valence-corrected chi connectivity index (χ0v) is 14.4. The van der Waals surface area contributed by atoms with Gasteiger partial charge in [0.2, 0.25) is 0 Å². The molecule has 0 radical (unpaired) electrons. The third-order valence-electron chi connectivity index (χ3n) is 4.28. The smallest absolute Gasteiger partial charge is 0.265 e. The number of carbonyl (C=O) groups is 1. The molecule has 6 heteroatoms. The van der Waals surface area contributed by atoms with Crippen LogP contribution < -0.4 is 20.9 Å². The van der Waals surface area contributed by atoms with Gasteiger partial charge in [-0.25, -0.2) is 5.43 Å². The summed E-state index contributed by atoms with van der Waals surface area (Å²) in [6, 6.07) is 18.8. The van der Waals surface area contributed by atoms with Crippen molar-refractivity contribution in [3.05, 3.63) is 71.8 Å². The van der Waals surface area contributed by atoms with E-state index < -0.39 is 5.91 Å². The molecule has 2 unspecified atom stereocenters. The summed E-state index contributed by atoms with van der Waals surface area (Å²) in [6.45, 7) is 0.625. The normalized spacial score (nSPS) is 19.6. The van der Waals surface area contributed by atoms with E-state index in [0.29, 0.717) is 12.2 Å². The number of nitrogens with zero attached hydrogens (tertiary/aromatic N) is 1. The van der Waals surface area contributed by atoms with Gasteiger partial charge in [-0.15, -0.1) is 0 Å². The summed E-state index contributed by atoms with van der Waals surface area (Å²) >= 11 is 0. The Bertz CT molecular complexity index is 825. The van der Waals surface area contributed by atoms with Gasteiger partial charge < -0.3 is 10.1 Å². The molecule has 1 aliphatic rings. The van der Waals surface area contributed by atoms with Gasteiger partial charge in [-0.05, 0) is 29.8 Å². The van der Waals surface area contributed by atoms with Gasteiger partial charge in [0.05, 0.1) is 13.2 Å². The fourth-order valence-corrected chi connectivity index (χ4v) is 2.91.